The van der Waals surface area contributed by atoms with Crippen LogP contribution in [0.2, 0.25) is 0 Å². The fraction of sp³-hybridized carbons (Fsp3) is 0.800. The first-order valence-corrected chi connectivity index (χ1v) is 7.67. The molecule has 0 saturated heterocycles. The summed E-state index contributed by atoms with van der Waals surface area (Å²) in [5, 5.41) is 8.36. The van der Waals surface area contributed by atoms with E-state index in [2.05, 4.69) is 35.5 Å². The number of nitrogens with two attached hydrogens (primary N) is 1. The Kier molecular flexibility index (Phi) is 4.66. The predicted octanol–water partition coefficient (Wildman–Crippen LogP) is 1.34. The molecule has 6 heteroatoms. The van der Waals surface area contributed by atoms with Gasteiger partial charge in [-0.15, -0.1) is 10.2 Å². The van der Waals surface area contributed by atoms with Crippen molar-refractivity contribution >= 4 is 5.91 Å². The third-order valence-corrected chi connectivity index (χ3v) is 3.80. The van der Waals surface area contributed by atoms with Crippen molar-refractivity contribution in [3.63, 3.8) is 0 Å². The summed E-state index contributed by atoms with van der Waals surface area (Å²) in [6.45, 7) is 7.89. The molecule has 2 N–H and O–H groups in total. The second-order valence-electron chi connectivity index (χ2n) is 7.27. The number of nitrogens with zero attached hydrogens (tertiary/aromatic N) is 4. The van der Waals surface area contributed by atoms with Crippen molar-refractivity contribution in [1.82, 2.24) is 19.7 Å². The highest BCUT2D eigenvalue weighted by Gasteiger charge is 2.22. The fourth-order valence-corrected chi connectivity index (χ4v) is 2.87. The second-order valence-corrected chi connectivity index (χ2v) is 7.27. The number of hydrogen-bond donors (Lipinski definition) is 1. The minimum atomic E-state index is -0.0935. The van der Waals surface area contributed by atoms with Crippen molar-refractivity contribution in [1.29, 1.82) is 0 Å². The Labute approximate surface area is 126 Å². The Bertz CT molecular complexity index is 503. The molecule has 0 aliphatic carbocycles. The van der Waals surface area contributed by atoms with Crippen LogP contribution < -0.4 is 5.73 Å². The van der Waals surface area contributed by atoms with Gasteiger partial charge in [0.2, 0.25) is 5.91 Å². The van der Waals surface area contributed by atoms with Gasteiger partial charge >= 0.3 is 0 Å². The summed E-state index contributed by atoms with van der Waals surface area (Å²) in [7, 11) is 1.81. The van der Waals surface area contributed by atoms with E-state index in [1.165, 1.54) is 0 Å². The van der Waals surface area contributed by atoms with Gasteiger partial charge in [-0.05, 0) is 18.3 Å². The molecule has 1 atom stereocenters. The molecule has 0 saturated carbocycles. The van der Waals surface area contributed by atoms with E-state index in [9.17, 15) is 4.79 Å². The lowest BCUT2D eigenvalue weighted by atomic mass is 9.87. The second kappa shape index (κ2) is 6.13. The lowest BCUT2D eigenvalue weighted by Gasteiger charge is -2.24. The smallest absolute Gasteiger partial charge is 0.224 e. The van der Waals surface area contributed by atoms with Gasteiger partial charge in [-0.3, -0.25) is 4.79 Å². The molecule has 0 bridgehead atoms. The number of fused-ring (bicyclic) bond motifs is 1. The lowest BCUT2D eigenvalue weighted by molar-refractivity contribution is -0.131. The van der Waals surface area contributed by atoms with E-state index in [-0.39, 0.29) is 17.4 Å². The van der Waals surface area contributed by atoms with Gasteiger partial charge in [0.15, 0.2) is 5.82 Å². The van der Waals surface area contributed by atoms with E-state index in [1.807, 2.05) is 7.05 Å². The van der Waals surface area contributed by atoms with Gasteiger partial charge in [-0.25, -0.2) is 0 Å². The molecule has 0 spiro atoms. The summed E-state index contributed by atoms with van der Waals surface area (Å²) in [5.41, 5.74) is 6.23. The van der Waals surface area contributed by atoms with Crippen LogP contribution in [-0.2, 0) is 24.3 Å². The zero-order valence-corrected chi connectivity index (χ0v) is 13.6. The molecule has 2 heterocycles. The molecule has 0 fully saturated rings. The van der Waals surface area contributed by atoms with Crippen LogP contribution in [0.15, 0.2) is 0 Å². The summed E-state index contributed by atoms with van der Waals surface area (Å²) in [6, 6.07) is -0.0935. The van der Waals surface area contributed by atoms with Crippen molar-refractivity contribution in [2.45, 2.75) is 65.6 Å². The third-order valence-electron chi connectivity index (χ3n) is 3.80. The maximum Gasteiger partial charge on any atom is 0.224 e. The quantitative estimate of drug-likeness (QED) is 0.888. The zero-order valence-electron chi connectivity index (χ0n) is 13.6. The van der Waals surface area contributed by atoms with Crippen LogP contribution in [0.5, 0.6) is 0 Å². The Morgan fingerprint density at radius 2 is 2.14 bits per heavy atom. The first kappa shape index (κ1) is 15.9. The number of hydrogen-bond acceptors (Lipinski definition) is 4. The average molecular weight is 293 g/mol. The fourth-order valence-electron chi connectivity index (χ4n) is 2.87. The van der Waals surface area contributed by atoms with Gasteiger partial charge < -0.3 is 15.2 Å². The molecule has 0 aromatic carbocycles. The van der Waals surface area contributed by atoms with E-state index in [0.29, 0.717) is 13.0 Å². The highest BCUT2D eigenvalue weighted by atomic mass is 16.2. The van der Waals surface area contributed by atoms with Crippen molar-refractivity contribution in [3.05, 3.63) is 11.6 Å². The molecule has 1 aromatic heterocycles. The Balaban J connectivity index is 1.88. The number of aryl methyl sites for hydroxylation is 1. The van der Waals surface area contributed by atoms with Crippen molar-refractivity contribution in [2.24, 2.45) is 11.1 Å². The van der Waals surface area contributed by atoms with Gasteiger partial charge in [0.05, 0.1) is 6.54 Å². The van der Waals surface area contributed by atoms with Crippen LogP contribution >= 0.6 is 0 Å². The highest BCUT2D eigenvalue weighted by Crippen LogP contribution is 2.21. The van der Waals surface area contributed by atoms with E-state index in [4.69, 9.17) is 5.73 Å². The first-order chi connectivity index (χ1) is 9.76. The third kappa shape index (κ3) is 4.27. The molecule has 1 unspecified atom stereocenters. The molecule has 1 aliphatic heterocycles. The van der Waals surface area contributed by atoms with Gasteiger partial charge in [0.25, 0.3) is 0 Å². The summed E-state index contributed by atoms with van der Waals surface area (Å²) < 4.78 is 2.12. The molecule has 1 aromatic rings. The number of carbonyl (C=O) groups is 1. The standard InChI is InChI=1S/C15H27N5O/c1-15(2,3)9-11(16)8-14(21)19(4)10-13-18-17-12-6-5-7-20(12)13/h11H,5-10,16H2,1-4H3. The summed E-state index contributed by atoms with van der Waals surface area (Å²) >= 11 is 0. The average Bonchev–Trinajstić information content (AvgIpc) is 2.91. The van der Waals surface area contributed by atoms with Gasteiger partial charge in [-0.1, -0.05) is 20.8 Å². The van der Waals surface area contributed by atoms with Gasteiger partial charge in [0.1, 0.15) is 5.82 Å². The maximum absolute atomic E-state index is 12.3. The highest BCUT2D eigenvalue weighted by molar-refractivity contribution is 5.76. The van der Waals surface area contributed by atoms with E-state index < -0.39 is 0 Å². The lowest BCUT2D eigenvalue weighted by Crippen LogP contribution is -2.35. The maximum atomic E-state index is 12.3. The molecule has 1 amide bonds. The van der Waals surface area contributed by atoms with Crippen LogP contribution in [0.1, 0.15) is 51.7 Å². The SMILES string of the molecule is CN(Cc1nnc2n1CCC2)C(=O)CC(N)CC(C)(C)C. The minimum absolute atomic E-state index is 0.0714. The van der Waals surface area contributed by atoms with E-state index in [1.54, 1.807) is 4.90 Å². The molecule has 0 radical (unpaired) electrons. The van der Waals surface area contributed by atoms with Gasteiger partial charge in [-0.2, -0.15) is 0 Å². The molecular weight excluding hydrogens is 266 g/mol. The van der Waals surface area contributed by atoms with Crippen molar-refractivity contribution < 1.29 is 4.79 Å². The normalized spacial score (nSPS) is 15.9. The number of rotatable bonds is 5. The topological polar surface area (TPSA) is 77.0 Å². The summed E-state index contributed by atoms with van der Waals surface area (Å²) in [6.07, 6.45) is 3.33. The summed E-state index contributed by atoms with van der Waals surface area (Å²) in [4.78, 5) is 14.0. The molecule has 2 rings (SSSR count). The zero-order chi connectivity index (χ0) is 15.6. The molecule has 21 heavy (non-hydrogen) atoms. The molecule has 6 nitrogen and oxygen atoms in total. The predicted molar refractivity (Wildman–Crippen MR) is 81.5 cm³/mol. The Hall–Kier alpha value is -1.43. The molecule has 1 aliphatic rings. The van der Waals surface area contributed by atoms with Crippen molar-refractivity contribution in [3.8, 4) is 0 Å². The van der Waals surface area contributed by atoms with Crippen LogP contribution in [0, 0.1) is 5.41 Å². The van der Waals surface area contributed by atoms with Crippen molar-refractivity contribution in [2.75, 3.05) is 7.05 Å². The first-order valence-electron chi connectivity index (χ1n) is 7.67. The largest absolute Gasteiger partial charge is 0.338 e. The van der Waals surface area contributed by atoms with Crippen LogP contribution in [0.25, 0.3) is 0 Å². The number of carbonyl (C=O) groups excluding carboxylic acids is 1. The summed E-state index contributed by atoms with van der Waals surface area (Å²) in [5.74, 6) is 1.99. The van der Waals surface area contributed by atoms with Crippen LogP contribution in [0.3, 0.4) is 0 Å². The molecular formula is C15H27N5O. The van der Waals surface area contributed by atoms with Gasteiger partial charge in [0, 0.05) is 32.5 Å². The number of aromatic nitrogens is 3. The van der Waals surface area contributed by atoms with E-state index in [0.717, 1.165) is 37.5 Å². The van der Waals surface area contributed by atoms with Crippen LogP contribution in [-0.4, -0.2) is 38.7 Å². The minimum Gasteiger partial charge on any atom is -0.338 e. The molecule has 118 valence electrons. The van der Waals surface area contributed by atoms with Crippen LogP contribution in [0.4, 0.5) is 0 Å². The monoisotopic (exact) mass is 293 g/mol. The Morgan fingerprint density at radius 1 is 1.43 bits per heavy atom. The van der Waals surface area contributed by atoms with E-state index >= 15 is 0 Å². The Morgan fingerprint density at radius 3 is 2.81 bits per heavy atom. The number of amides is 1.